The van der Waals surface area contributed by atoms with Crippen LogP contribution in [-0.2, 0) is 10.0 Å². The Hall–Kier alpha value is -3.46. The summed E-state index contributed by atoms with van der Waals surface area (Å²) in [5.41, 5.74) is 0.827. The lowest BCUT2D eigenvalue weighted by Gasteiger charge is -2.13. The van der Waals surface area contributed by atoms with E-state index in [4.69, 9.17) is 0 Å². The van der Waals surface area contributed by atoms with Gasteiger partial charge in [0.1, 0.15) is 0 Å². The van der Waals surface area contributed by atoms with Crippen LogP contribution in [0.1, 0.15) is 0 Å². The van der Waals surface area contributed by atoms with Crippen molar-refractivity contribution in [3.05, 3.63) is 83.0 Å². The number of non-ortho nitro benzene ring substituents is 1. The summed E-state index contributed by atoms with van der Waals surface area (Å²) >= 11 is 0. The number of nitrogens with zero attached hydrogens (tertiary/aromatic N) is 2. The van der Waals surface area contributed by atoms with Gasteiger partial charge in [0.15, 0.2) is 5.82 Å². The van der Waals surface area contributed by atoms with Gasteiger partial charge in [0, 0.05) is 24.0 Å². The van der Waals surface area contributed by atoms with Gasteiger partial charge >= 0.3 is 0 Å². The van der Waals surface area contributed by atoms with Crippen LogP contribution in [0.25, 0.3) is 0 Å². The summed E-state index contributed by atoms with van der Waals surface area (Å²) in [5, 5.41) is 13.7. The molecule has 0 atom stereocenters. The minimum atomic E-state index is -3.92. The van der Waals surface area contributed by atoms with Gasteiger partial charge in [-0.05, 0) is 36.4 Å². The van der Waals surface area contributed by atoms with E-state index in [1.807, 2.05) is 30.3 Å². The van der Waals surface area contributed by atoms with Gasteiger partial charge in [-0.2, -0.15) is 0 Å². The lowest BCUT2D eigenvalue weighted by molar-refractivity contribution is -0.384. The number of benzene rings is 2. The van der Waals surface area contributed by atoms with Crippen LogP contribution in [0.3, 0.4) is 0 Å². The molecule has 0 aliphatic carbocycles. The molecule has 9 heteroatoms. The number of aromatic nitrogens is 1. The summed E-state index contributed by atoms with van der Waals surface area (Å²) < 4.78 is 27.6. The molecule has 2 aromatic carbocycles. The lowest BCUT2D eigenvalue weighted by Crippen LogP contribution is -2.14. The minimum Gasteiger partial charge on any atom is -0.338 e. The Morgan fingerprint density at radius 2 is 1.62 bits per heavy atom. The van der Waals surface area contributed by atoms with E-state index >= 15 is 0 Å². The van der Waals surface area contributed by atoms with Crippen molar-refractivity contribution >= 4 is 32.9 Å². The summed E-state index contributed by atoms with van der Waals surface area (Å²) in [6, 6.07) is 17.0. The van der Waals surface area contributed by atoms with Gasteiger partial charge < -0.3 is 5.32 Å². The highest BCUT2D eigenvalue weighted by molar-refractivity contribution is 7.92. The molecule has 0 bridgehead atoms. The number of sulfonamides is 1. The number of rotatable bonds is 6. The first-order valence-electron chi connectivity index (χ1n) is 7.50. The fraction of sp³-hybridized carbons (Fsp3) is 0. The molecule has 0 aliphatic heterocycles. The molecule has 3 aromatic rings. The number of anilines is 3. The maximum absolute atomic E-state index is 12.6. The van der Waals surface area contributed by atoms with Gasteiger partial charge in [-0.15, -0.1) is 0 Å². The topological polar surface area (TPSA) is 114 Å². The van der Waals surface area contributed by atoms with Crippen LogP contribution in [0.5, 0.6) is 0 Å². The zero-order chi connectivity index (χ0) is 18.6. The van der Waals surface area contributed by atoms with Crippen LogP contribution in [-0.4, -0.2) is 18.3 Å². The van der Waals surface area contributed by atoms with Gasteiger partial charge in [0.25, 0.3) is 15.7 Å². The molecule has 2 N–H and O–H groups in total. The molecule has 1 heterocycles. The van der Waals surface area contributed by atoms with Crippen molar-refractivity contribution in [1.82, 2.24) is 4.98 Å². The maximum Gasteiger partial charge on any atom is 0.269 e. The van der Waals surface area contributed by atoms with Crippen LogP contribution >= 0.6 is 0 Å². The Balaban J connectivity index is 1.87. The minimum absolute atomic E-state index is 0.0855. The largest absolute Gasteiger partial charge is 0.338 e. The molecule has 0 radical (unpaired) electrons. The predicted molar refractivity (Wildman–Crippen MR) is 97.9 cm³/mol. The molecule has 1 aromatic heterocycles. The fourth-order valence-corrected chi connectivity index (χ4v) is 3.26. The highest BCUT2D eigenvalue weighted by Crippen LogP contribution is 2.26. The van der Waals surface area contributed by atoms with E-state index in [1.54, 1.807) is 12.1 Å². The summed E-state index contributed by atoms with van der Waals surface area (Å²) in [6.07, 6.45) is 1.54. The normalized spacial score (nSPS) is 10.9. The third-order valence-corrected chi connectivity index (χ3v) is 4.83. The molecule has 0 spiro atoms. The molecule has 26 heavy (non-hydrogen) atoms. The number of hydrogen-bond donors (Lipinski definition) is 2. The molecular formula is C17H14N4O4S. The number of nitro groups is 1. The third kappa shape index (κ3) is 3.95. The molecule has 132 valence electrons. The van der Waals surface area contributed by atoms with Crippen molar-refractivity contribution < 1.29 is 13.3 Å². The Labute approximate surface area is 149 Å². The number of pyridine rings is 1. The van der Waals surface area contributed by atoms with E-state index in [1.165, 1.54) is 18.3 Å². The van der Waals surface area contributed by atoms with Crippen molar-refractivity contribution in [3.8, 4) is 0 Å². The number of hydrogen-bond acceptors (Lipinski definition) is 6. The molecule has 0 fully saturated rings. The Kier molecular flexibility index (Phi) is 4.81. The van der Waals surface area contributed by atoms with Crippen LogP contribution in [0, 0.1) is 10.1 Å². The first kappa shape index (κ1) is 17.4. The molecule has 3 rings (SSSR count). The highest BCUT2D eigenvalue weighted by Gasteiger charge is 2.18. The smallest absolute Gasteiger partial charge is 0.269 e. The second-order valence-electron chi connectivity index (χ2n) is 5.25. The maximum atomic E-state index is 12.6. The average molecular weight is 370 g/mol. The van der Waals surface area contributed by atoms with Crippen LogP contribution < -0.4 is 10.0 Å². The van der Waals surface area contributed by atoms with E-state index in [2.05, 4.69) is 15.0 Å². The SMILES string of the molecule is O=[N+]([O-])c1ccc(S(=O)(=O)Nc2cccnc2Nc2ccccc2)cc1. The van der Waals surface area contributed by atoms with Gasteiger partial charge in [0.2, 0.25) is 0 Å². The van der Waals surface area contributed by atoms with E-state index < -0.39 is 14.9 Å². The highest BCUT2D eigenvalue weighted by atomic mass is 32.2. The average Bonchev–Trinajstić information content (AvgIpc) is 2.64. The summed E-state index contributed by atoms with van der Waals surface area (Å²) in [4.78, 5) is 14.2. The van der Waals surface area contributed by atoms with E-state index in [9.17, 15) is 18.5 Å². The van der Waals surface area contributed by atoms with Crippen molar-refractivity contribution in [2.75, 3.05) is 10.0 Å². The first-order valence-corrected chi connectivity index (χ1v) is 8.98. The predicted octanol–water partition coefficient (Wildman–Crippen LogP) is 3.53. The lowest BCUT2D eigenvalue weighted by atomic mass is 10.3. The van der Waals surface area contributed by atoms with Gasteiger partial charge in [-0.25, -0.2) is 13.4 Å². The van der Waals surface area contributed by atoms with Crippen LogP contribution in [0.15, 0.2) is 77.8 Å². The molecule has 0 unspecified atom stereocenters. The molecule has 0 aliphatic rings. The number of para-hydroxylation sites is 1. The van der Waals surface area contributed by atoms with E-state index in [0.29, 0.717) is 5.82 Å². The van der Waals surface area contributed by atoms with Crippen molar-refractivity contribution in [2.24, 2.45) is 0 Å². The summed E-state index contributed by atoms with van der Waals surface area (Å²) in [5.74, 6) is 0.337. The van der Waals surface area contributed by atoms with E-state index in [0.717, 1.165) is 17.8 Å². The zero-order valence-electron chi connectivity index (χ0n) is 13.4. The van der Waals surface area contributed by atoms with Crippen LogP contribution in [0.4, 0.5) is 22.9 Å². The molecule has 0 saturated carbocycles. The molecule has 0 saturated heterocycles. The first-order chi connectivity index (χ1) is 12.5. The number of nitrogens with one attached hydrogen (secondary N) is 2. The van der Waals surface area contributed by atoms with Crippen LogP contribution in [0.2, 0.25) is 0 Å². The number of nitro benzene ring substituents is 1. The molecule has 8 nitrogen and oxygen atoms in total. The Bertz CT molecular complexity index is 1020. The second-order valence-corrected chi connectivity index (χ2v) is 6.93. The Morgan fingerprint density at radius 1 is 0.923 bits per heavy atom. The zero-order valence-corrected chi connectivity index (χ0v) is 14.2. The van der Waals surface area contributed by atoms with Gasteiger partial charge in [0.05, 0.1) is 15.5 Å². The summed E-state index contributed by atoms with van der Waals surface area (Å²) in [6.45, 7) is 0. The van der Waals surface area contributed by atoms with Gasteiger partial charge in [-0.3, -0.25) is 14.8 Å². The van der Waals surface area contributed by atoms with Crippen molar-refractivity contribution in [3.63, 3.8) is 0 Å². The quantitative estimate of drug-likeness (QED) is 0.507. The second kappa shape index (κ2) is 7.19. The summed E-state index contributed by atoms with van der Waals surface area (Å²) in [7, 11) is -3.92. The Morgan fingerprint density at radius 3 is 2.27 bits per heavy atom. The monoisotopic (exact) mass is 370 g/mol. The third-order valence-electron chi connectivity index (χ3n) is 3.45. The standard InChI is InChI=1S/C17H14N4O4S/c22-21(23)14-8-10-15(11-9-14)26(24,25)20-16-7-4-12-18-17(16)19-13-5-2-1-3-6-13/h1-12,20H,(H,18,19). The molecular weight excluding hydrogens is 356 g/mol. The molecule has 0 amide bonds. The fourth-order valence-electron chi connectivity index (χ4n) is 2.20. The van der Waals surface area contributed by atoms with Crippen molar-refractivity contribution in [2.45, 2.75) is 4.90 Å². The van der Waals surface area contributed by atoms with Gasteiger partial charge in [-0.1, -0.05) is 18.2 Å². The van der Waals surface area contributed by atoms with E-state index in [-0.39, 0.29) is 16.3 Å². The van der Waals surface area contributed by atoms with Crippen molar-refractivity contribution in [1.29, 1.82) is 0 Å².